The highest BCUT2D eigenvalue weighted by molar-refractivity contribution is 9.10. The third kappa shape index (κ3) is 2.16. The van der Waals surface area contributed by atoms with E-state index in [1.165, 1.54) is 11.1 Å². The average Bonchev–Trinajstić information content (AvgIpc) is 2.77. The summed E-state index contributed by atoms with van der Waals surface area (Å²) in [4.78, 5) is 0. The van der Waals surface area contributed by atoms with Crippen LogP contribution in [0, 0.1) is 6.92 Å². The van der Waals surface area contributed by atoms with E-state index in [4.69, 9.17) is 5.10 Å². The van der Waals surface area contributed by atoms with Crippen LogP contribution in [0.2, 0.25) is 0 Å². The normalized spacial score (nSPS) is 17.9. The van der Waals surface area contributed by atoms with E-state index >= 15 is 0 Å². The zero-order chi connectivity index (χ0) is 14.3. The molecule has 0 saturated heterocycles. The Bertz CT molecular complexity index is 631. The summed E-state index contributed by atoms with van der Waals surface area (Å²) in [5.74, 6) is 1.54. The number of nitrogens with one attached hydrogen (secondary N) is 1. The molecule has 1 aromatic carbocycles. The van der Waals surface area contributed by atoms with Crippen LogP contribution >= 0.6 is 15.9 Å². The Balaban J connectivity index is 2.11. The smallest absolute Gasteiger partial charge is 0.139 e. The molecular formula is C16H20BrN3. The Morgan fingerprint density at radius 3 is 2.80 bits per heavy atom. The maximum Gasteiger partial charge on any atom is 0.139 e. The van der Waals surface area contributed by atoms with Crippen molar-refractivity contribution >= 4 is 21.7 Å². The van der Waals surface area contributed by atoms with Gasteiger partial charge in [0, 0.05) is 6.54 Å². The molecule has 0 spiro atoms. The summed E-state index contributed by atoms with van der Waals surface area (Å²) >= 11 is 3.71. The maximum absolute atomic E-state index is 4.86. The van der Waals surface area contributed by atoms with Gasteiger partial charge in [-0.1, -0.05) is 38.1 Å². The summed E-state index contributed by atoms with van der Waals surface area (Å²) in [6.45, 7) is 7.53. The second kappa shape index (κ2) is 5.24. The molecule has 1 aliphatic heterocycles. The molecule has 1 aromatic heterocycles. The van der Waals surface area contributed by atoms with Crippen LogP contribution in [0.1, 0.15) is 49.0 Å². The van der Waals surface area contributed by atoms with E-state index < -0.39 is 0 Å². The molecule has 1 atom stereocenters. The van der Waals surface area contributed by atoms with Gasteiger partial charge < -0.3 is 5.32 Å². The molecule has 0 fully saturated rings. The van der Waals surface area contributed by atoms with E-state index in [-0.39, 0.29) is 0 Å². The van der Waals surface area contributed by atoms with Crippen molar-refractivity contribution in [3.63, 3.8) is 0 Å². The first-order valence-corrected chi connectivity index (χ1v) is 7.96. The predicted molar refractivity (Wildman–Crippen MR) is 86.4 cm³/mol. The van der Waals surface area contributed by atoms with Crippen molar-refractivity contribution in [1.29, 1.82) is 0 Å². The number of anilines is 1. The van der Waals surface area contributed by atoms with Crippen molar-refractivity contribution in [3.05, 3.63) is 45.6 Å². The molecule has 0 amide bonds. The molecule has 1 N–H and O–H groups in total. The molecule has 20 heavy (non-hydrogen) atoms. The molecule has 2 aromatic rings. The van der Waals surface area contributed by atoms with Gasteiger partial charge in [0.25, 0.3) is 0 Å². The third-order valence-corrected chi connectivity index (χ3v) is 4.76. The Morgan fingerprint density at radius 2 is 2.10 bits per heavy atom. The van der Waals surface area contributed by atoms with E-state index in [2.05, 4.69) is 71.0 Å². The van der Waals surface area contributed by atoms with Crippen molar-refractivity contribution in [2.24, 2.45) is 0 Å². The monoisotopic (exact) mass is 333 g/mol. The Morgan fingerprint density at radius 1 is 1.35 bits per heavy atom. The number of fused-ring (bicyclic) bond motifs is 1. The van der Waals surface area contributed by atoms with Gasteiger partial charge in [0.05, 0.1) is 16.2 Å². The van der Waals surface area contributed by atoms with Gasteiger partial charge in [-0.25, -0.2) is 4.68 Å². The summed E-state index contributed by atoms with van der Waals surface area (Å²) in [6.07, 6.45) is 1.07. The molecule has 106 valence electrons. The fourth-order valence-electron chi connectivity index (χ4n) is 2.88. The van der Waals surface area contributed by atoms with E-state index in [0.29, 0.717) is 12.0 Å². The zero-order valence-corrected chi connectivity index (χ0v) is 13.7. The van der Waals surface area contributed by atoms with Gasteiger partial charge in [-0.2, -0.15) is 5.10 Å². The van der Waals surface area contributed by atoms with Crippen LogP contribution in [0.25, 0.3) is 0 Å². The van der Waals surface area contributed by atoms with Crippen LogP contribution in [0.5, 0.6) is 0 Å². The first-order chi connectivity index (χ1) is 9.59. The highest BCUT2D eigenvalue weighted by Gasteiger charge is 2.28. The summed E-state index contributed by atoms with van der Waals surface area (Å²) in [6, 6.07) is 8.94. The molecule has 3 rings (SSSR count). The number of aryl methyl sites for hydroxylation is 1. The summed E-state index contributed by atoms with van der Waals surface area (Å²) < 4.78 is 3.27. The van der Waals surface area contributed by atoms with E-state index in [1.807, 2.05) is 0 Å². The van der Waals surface area contributed by atoms with Gasteiger partial charge in [0.2, 0.25) is 0 Å². The van der Waals surface area contributed by atoms with E-state index in [1.54, 1.807) is 0 Å². The number of rotatable bonds is 2. The highest BCUT2D eigenvalue weighted by Crippen LogP contribution is 2.38. The Kier molecular flexibility index (Phi) is 3.59. The molecule has 3 nitrogen and oxygen atoms in total. The molecule has 0 aliphatic carbocycles. The molecule has 0 saturated carbocycles. The summed E-state index contributed by atoms with van der Waals surface area (Å²) in [5.41, 5.74) is 3.84. The molecule has 1 aliphatic rings. The van der Waals surface area contributed by atoms with Crippen LogP contribution in [0.3, 0.4) is 0 Å². The first kappa shape index (κ1) is 13.7. The molecule has 1 unspecified atom stereocenters. The van der Waals surface area contributed by atoms with Gasteiger partial charge in [-0.15, -0.1) is 0 Å². The minimum atomic E-state index is 0.330. The SMILES string of the molecule is Cc1ccccc1C1CCNc2c(Br)c(C(C)C)nn21. The predicted octanol–water partition coefficient (Wildman–Crippen LogP) is 4.48. The van der Waals surface area contributed by atoms with Crippen LogP contribution in [0.4, 0.5) is 5.82 Å². The molecule has 0 bridgehead atoms. The van der Waals surface area contributed by atoms with Crippen LogP contribution in [0.15, 0.2) is 28.7 Å². The van der Waals surface area contributed by atoms with Crippen LogP contribution in [-0.2, 0) is 0 Å². The van der Waals surface area contributed by atoms with Gasteiger partial charge >= 0.3 is 0 Å². The number of hydrogen-bond donors (Lipinski definition) is 1. The average molecular weight is 334 g/mol. The lowest BCUT2D eigenvalue weighted by Crippen LogP contribution is -2.25. The fraction of sp³-hybridized carbons (Fsp3) is 0.438. The third-order valence-electron chi connectivity index (χ3n) is 3.98. The van der Waals surface area contributed by atoms with Gasteiger partial charge in [0.15, 0.2) is 0 Å². The number of benzene rings is 1. The quantitative estimate of drug-likeness (QED) is 0.877. The minimum Gasteiger partial charge on any atom is -0.369 e. The number of hydrogen-bond acceptors (Lipinski definition) is 2. The fourth-order valence-corrected chi connectivity index (χ4v) is 3.74. The van der Waals surface area contributed by atoms with Crippen molar-refractivity contribution in [1.82, 2.24) is 9.78 Å². The van der Waals surface area contributed by atoms with Crippen molar-refractivity contribution < 1.29 is 0 Å². The molecule has 2 heterocycles. The largest absolute Gasteiger partial charge is 0.369 e. The minimum absolute atomic E-state index is 0.330. The van der Waals surface area contributed by atoms with Crippen molar-refractivity contribution in [2.75, 3.05) is 11.9 Å². The second-order valence-electron chi connectivity index (χ2n) is 5.73. The Hall–Kier alpha value is -1.29. The zero-order valence-electron chi connectivity index (χ0n) is 12.2. The number of aromatic nitrogens is 2. The van der Waals surface area contributed by atoms with Crippen LogP contribution in [-0.4, -0.2) is 16.3 Å². The standard InChI is InChI=1S/C16H20BrN3/c1-10(2)15-14(17)16-18-9-8-13(20(16)19-15)12-7-5-4-6-11(12)3/h4-7,10,13,18H,8-9H2,1-3H3. The van der Waals surface area contributed by atoms with Gasteiger partial charge in [0.1, 0.15) is 5.82 Å². The molecule has 0 radical (unpaired) electrons. The van der Waals surface area contributed by atoms with Crippen LogP contribution < -0.4 is 5.32 Å². The second-order valence-corrected chi connectivity index (χ2v) is 6.53. The number of nitrogens with zero attached hydrogens (tertiary/aromatic N) is 2. The van der Waals surface area contributed by atoms with Gasteiger partial charge in [-0.3, -0.25) is 0 Å². The van der Waals surface area contributed by atoms with Gasteiger partial charge in [-0.05, 0) is 46.3 Å². The maximum atomic E-state index is 4.86. The first-order valence-electron chi connectivity index (χ1n) is 7.17. The van der Waals surface area contributed by atoms with Crippen molar-refractivity contribution in [2.45, 2.75) is 39.2 Å². The molecular weight excluding hydrogens is 314 g/mol. The van der Waals surface area contributed by atoms with E-state index in [0.717, 1.165) is 29.0 Å². The topological polar surface area (TPSA) is 29.9 Å². The summed E-state index contributed by atoms with van der Waals surface area (Å²) in [7, 11) is 0. The van der Waals surface area contributed by atoms with E-state index in [9.17, 15) is 0 Å². The lowest BCUT2D eigenvalue weighted by molar-refractivity contribution is 0.474. The Labute approximate surface area is 128 Å². The number of halogens is 1. The van der Waals surface area contributed by atoms with Crippen molar-refractivity contribution in [3.8, 4) is 0 Å². The summed E-state index contributed by atoms with van der Waals surface area (Å²) in [5, 5.41) is 8.33. The lowest BCUT2D eigenvalue weighted by Gasteiger charge is -2.27. The molecule has 4 heteroatoms. The highest BCUT2D eigenvalue weighted by atomic mass is 79.9. The lowest BCUT2D eigenvalue weighted by atomic mass is 9.98.